The van der Waals surface area contributed by atoms with Crippen molar-refractivity contribution in [1.82, 2.24) is 0 Å². The summed E-state index contributed by atoms with van der Waals surface area (Å²) < 4.78 is 6.13. The molecular weight excluding hydrogens is 300 g/mol. The fourth-order valence-corrected chi connectivity index (χ4v) is 1.97. The van der Waals surface area contributed by atoms with Gasteiger partial charge in [-0.15, -0.1) is 0 Å². The first-order chi connectivity index (χ1) is 8.36. The fraction of sp³-hybridized carbons (Fsp3) is 0.333. The summed E-state index contributed by atoms with van der Waals surface area (Å²) >= 11 is 3.25. The molecule has 1 rings (SSSR count). The van der Waals surface area contributed by atoms with E-state index < -0.39 is 12.0 Å². The van der Waals surface area contributed by atoms with Crippen LogP contribution in [0, 0.1) is 0 Å². The molecule has 0 aliphatic heterocycles. The van der Waals surface area contributed by atoms with Crippen LogP contribution < -0.4 is 16.2 Å². The largest absolute Gasteiger partial charge is 0.478 e. The number of Topliss-reactive ketones (excluding diaryl/α,β-unsaturated/α-hetero) is 1. The van der Waals surface area contributed by atoms with Crippen LogP contribution in [0.15, 0.2) is 16.6 Å². The van der Waals surface area contributed by atoms with E-state index >= 15 is 0 Å². The second-order valence-corrected chi connectivity index (χ2v) is 4.76. The standard InChI is InChI=1S/C12H15BrN2O3/c1-3-10(12(15)17)18-11-8(6(2)16)4-7(13)5-9(11)14/h4-5,10H,3,14H2,1-2H3,(H2,15,17). The molecule has 5 nitrogen and oxygen atoms in total. The van der Waals surface area contributed by atoms with Gasteiger partial charge in [0.15, 0.2) is 17.6 Å². The van der Waals surface area contributed by atoms with Crippen molar-refractivity contribution in [2.45, 2.75) is 26.4 Å². The molecule has 1 atom stereocenters. The van der Waals surface area contributed by atoms with Gasteiger partial charge in [0, 0.05) is 4.47 Å². The first-order valence-corrected chi connectivity index (χ1v) is 6.22. The molecule has 0 heterocycles. The number of ketones is 1. The van der Waals surface area contributed by atoms with Crippen molar-refractivity contribution in [3.8, 4) is 5.75 Å². The van der Waals surface area contributed by atoms with E-state index in [0.29, 0.717) is 16.5 Å². The third-order valence-corrected chi connectivity index (χ3v) is 2.87. The maximum atomic E-state index is 11.5. The number of amides is 1. The van der Waals surface area contributed by atoms with Gasteiger partial charge in [0.05, 0.1) is 11.3 Å². The number of carbonyl (C=O) groups is 2. The minimum absolute atomic E-state index is 0.197. The lowest BCUT2D eigenvalue weighted by Gasteiger charge is -2.18. The molecule has 0 bridgehead atoms. The lowest BCUT2D eigenvalue weighted by molar-refractivity contribution is -0.124. The molecule has 0 saturated heterocycles. The molecule has 0 saturated carbocycles. The monoisotopic (exact) mass is 314 g/mol. The minimum Gasteiger partial charge on any atom is -0.478 e. The molecule has 1 amide bonds. The lowest BCUT2D eigenvalue weighted by Crippen LogP contribution is -2.33. The highest BCUT2D eigenvalue weighted by Gasteiger charge is 2.20. The molecule has 6 heteroatoms. The Balaban J connectivity index is 3.22. The Hall–Kier alpha value is -1.56. The number of nitrogen functional groups attached to an aromatic ring is 1. The van der Waals surface area contributed by atoms with Crippen LogP contribution in [0.25, 0.3) is 0 Å². The number of halogens is 1. The van der Waals surface area contributed by atoms with Crippen LogP contribution in [0.4, 0.5) is 5.69 Å². The van der Waals surface area contributed by atoms with E-state index in [1.165, 1.54) is 6.92 Å². The Bertz CT molecular complexity index is 488. The lowest BCUT2D eigenvalue weighted by atomic mass is 10.1. The average Bonchev–Trinajstić information content (AvgIpc) is 2.26. The molecule has 0 aliphatic rings. The SMILES string of the molecule is CCC(Oc1c(N)cc(Br)cc1C(C)=O)C(N)=O. The Labute approximate surface area is 114 Å². The van der Waals surface area contributed by atoms with Gasteiger partial charge in [-0.25, -0.2) is 0 Å². The van der Waals surface area contributed by atoms with Gasteiger partial charge in [-0.05, 0) is 25.5 Å². The average molecular weight is 315 g/mol. The topological polar surface area (TPSA) is 95.4 Å². The van der Waals surface area contributed by atoms with Crippen LogP contribution in [0.5, 0.6) is 5.75 Å². The molecule has 0 aliphatic carbocycles. The van der Waals surface area contributed by atoms with Crippen LogP contribution in [-0.4, -0.2) is 17.8 Å². The van der Waals surface area contributed by atoms with Crippen molar-refractivity contribution in [2.24, 2.45) is 5.73 Å². The summed E-state index contributed by atoms with van der Waals surface area (Å²) in [6.07, 6.45) is -0.395. The zero-order valence-electron chi connectivity index (χ0n) is 10.2. The van der Waals surface area contributed by atoms with E-state index in [9.17, 15) is 9.59 Å². The van der Waals surface area contributed by atoms with E-state index in [0.717, 1.165) is 0 Å². The zero-order chi connectivity index (χ0) is 13.9. The van der Waals surface area contributed by atoms with Gasteiger partial charge < -0.3 is 16.2 Å². The summed E-state index contributed by atoms with van der Waals surface area (Å²) in [6, 6.07) is 3.21. The van der Waals surface area contributed by atoms with Crippen LogP contribution in [-0.2, 0) is 4.79 Å². The smallest absolute Gasteiger partial charge is 0.258 e. The Morgan fingerprint density at radius 2 is 2.06 bits per heavy atom. The number of carbonyl (C=O) groups excluding carboxylic acids is 2. The van der Waals surface area contributed by atoms with Gasteiger partial charge >= 0.3 is 0 Å². The van der Waals surface area contributed by atoms with Crippen LogP contribution in [0.2, 0.25) is 0 Å². The molecule has 1 aromatic rings. The van der Waals surface area contributed by atoms with Crippen molar-refractivity contribution in [3.05, 3.63) is 22.2 Å². The highest BCUT2D eigenvalue weighted by atomic mass is 79.9. The molecule has 0 aromatic heterocycles. The third kappa shape index (κ3) is 3.22. The number of hydrogen-bond donors (Lipinski definition) is 2. The molecule has 0 radical (unpaired) electrons. The zero-order valence-corrected chi connectivity index (χ0v) is 11.8. The van der Waals surface area contributed by atoms with Crippen LogP contribution in [0.1, 0.15) is 30.6 Å². The predicted molar refractivity (Wildman–Crippen MR) is 72.5 cm³/mol. The second-order valence-electron chi connectivity index (χ2n) is 3.84. The molecule has 98 valence electrons. The quantitative estimate of drug-likeness (QED) is 0.640. The van der Waals surface area contributed by atoms with Crippen molar-refractivity contribution in [1.29, 1.82) is 0 Å². The summed E-state index contributed by atoms with van der Waals surface area (Å²) in [5.74, 6) is -0.581. The summed E-state index contributed by atoms with van der Waals surface area (Å²) in [5, 5.41) is 0. The predicted octanol–water partition coefficient (Wildman–Crippen LogP) is 1.88. The first kappa shape index (κ1) is 14.5. The van der Waals surface area contributed by atoms with Gasteiger partial charge in [-0.2, -0.15) is 0 Å². The highest BCUT2D eigenvalue weighted by molar-refractivity contribution is 9.10. The van der Waals surface area contributed by atoms with Gasteiger partial charge in [0.2, 0.25) is 0 Å². The van der Waals surface area contributed by atoms with Gasteiger partial charge in [0.25, 0.3) is 5.91 Å². The first-order valence-electron chi connectivity index (χ1n) is 5.42. The number of benzene rings is 1. The fourth-order valence-electron chi connectivity index (χ4n) is 1.49. The number of nitrogens with two attached hydrogens (primary N) is 2. The summed E-state index contributed by atoms with van der Waals surface area (Å²) in [7, 11) is 0. The van der Waals surface area contributed by atoms with E-state index in [4.69, 9.17) is 16.2 Å². The summed E-state index contributed by atoms with van der Waals surface area (Å²) in [4.78, 5) is 22.7. The van der Waals surface area contributed by atoms with Crippen LogP contribution in [0.3, 0.4) is 0 Å². The molecule has 0 fully saturated rings. The van der Waals surface area contributed by atoms with E-state index in [1.54, 1.807) is 19.1 Å². The number of hydrogen-bond acceptors (Lipinski definition) is 4. The number of primary amides is 1. The number of ether oxygens (including phenoxy) is 1. The Morgan fingerprint density at radius 3 is 2.50 bits per heavy atom. The molecule has 18 heavy (non-hydrogen) atoms. The number of rotatable bonds is 5. The van der Waals surface area contributed by atoms with Crippen molar-refractivity contribution in [3.63, 3.8) is 0 Å². The maximum absolute atomic E-state index is 11.5. The van der Waals surface area contributed by atoms with Crippen molar-refractivity contribution in [2.75, 3.05) is 5.73 Å². The van der Waals surface area contributed by atoms with Gasteiger partial charge in [-0.1, -0.05) is 22.9 Å². The van der Waals surface area contributed by atoms with Gasteiger partial charge in [0.1, 0.15) is 0 Å². The molecule has 0 spiro atoms. The molecule has 1 aromatic carbocycles. The summed E-state index contributed by atoms with van der Waals surface area (Å²) in [6.45, 7) is 3.16. The molecular formula is C12H15BrN2O3. The number of anilines is 1. The normalized spacial score (nSPS) is 11.9. The second kappa shape index (κ2) is 5.86. The van der Waals surface area contributed by atoms with Gasteiger partial charge in [-0.3, -0.25) is 9.59 Å². The van der Waals surface area contributed by atoms with Crippen molar-refractivity contribution >= 4 is 33.3 Å². The highest BCUT2D eigenvalue weighted by Crippen LogP contribution is 2.32. The van der Waals surface area contributed by atoms with Crippen molar-refractivity contribution < 1.29 is 14.3 Å². The van der Waals surface area contributed by atoms with Crippen LogP contribution >= 0.6 is 15.9 Å². The van der Waals surface area contributed by atoms with E-state index in [1.807, 2.05) is 0 Å². The summed E-state index contributed by atoms with van der Waals surface area (Å²) in [5.41, 5.74) is 11.6. The molecule has 1 unspecified atom stereocenters. The van der Waals surface area contributed by atoms with E-state index in [-0.39, 0.29) is 17.2 Å². The molecule has 4 N–H and O–H groups in total. The Kier molecular flexibility index (Phi) is 4.72. The Morgan fingerprint density at radius 1 is 1.44 bits per heavy atom. The van der Waals surface area contributed by atoms with E-state index in [2.05, 4.69) is 15.9 Å². The third-order valence-electron chi connectivity index (χ3n) is 2.41. The maximum Gasteiger partial charge on any atom is 0.258 e. The minimum atomic E-state index is -0.799.